The van der Waals surface area contributed by atoms with Crippen molar-refractivity contribution >= 4 is 26.8 Å². The Morgan fingerprint density at radius 2 is 2.15 bits per heavy atom. The minimum Gasteiger partial charge on any atom is -0.360 e. The number of imidazole rings is 1. The van der Waals surface area contributed by atoms with E-state index in [1.54, 1.807) is 0 Å². The van der Waals surface area contributed by atoms with Gasteiger partial charge in [-0.3, -0.25) is 0 Å². The van der Waals surface area contributed by atoms with Gasteiger partial charge in [-0.25, -0.2) is 4.98 Å². The number of H-pyrrole nitrogens is 1. The summed E-state index contributed by atoms with van der Waals surface area (Å²) in [5.74, 6) is 1.08. The van der Waals surface area contributed by atoms with Gasteiger partial charge in [0.25, 0.3) is 0 Å². The van der Waals surface area contributed by atoms with Crippen LogP contribution >= 0.6 is 15.9 Å². The van der Waals surface area contributed by atoms with Crippen LogP contribution in [0.15, 0.2) is 35.1 Å². The van der Waals surface area contributed by atoms with Gasteiger partial charge in [0, 0.05) is 42.7 Å². The monoisotopic (exact) mass is 332 g/mol. The van der Waals surface area contributed by atoms with Gasteiger partial charge in [0.2, 0.25) is 0 Å². The van der Waals surface area contributed by atoms with Crippen LogP contribution in [0.1, 0.15) is 5.82 Å². The normalized spacial score (nSPS) is 11.3. The fraction of sp³-hybridized carbons (Fsp3) is 0.267. The van der Waals surface area contributed by atoms with E-state index in [0.29, 0.717) is 0 Å². The zero-order chi connectivity index (χ0) is 14.1. The lowest BCUT2D eigenvalue weighted by molar-refractivity contribution is 0.720. The largest absolute Gasteiger partial charge is 0.360 e. The van der Waals surface area contributed by atoms with Gasteiger partial charge in [-0.05, 0) is 29.0 Å². The first-order valence-electron chi connectivity index (χ1n) is 6.64. The van der Waals surface area contributed by atoms with E-state index >= 15 is 0 Å². The number of benzene rings is 1. The highest BCUT2D eigenvalue weighted by Crippen LogP contribution is 2.33. The lowest BCUT2D eigenvalue weighted by Crippen LogP contribution is -2.13. The Morgan fingerprint density at radius 1 is 1.35 bits per heavy atom. The van der Waals surface area contributed by atoms with Crippen LogP contribution in [0.5, 0.6) is 0 Å². The molecule has 0 fully saturated rings. The molecule has 2 aromatic heterocycles. The Bertz CT molecular complexity index is 741. The number of rotatable bonds is 4. The van der Waals surface area contributed by atoms with E-state index in [-0.39, 0.29) is 0 Å². The Balaban J connectivity index is 2.12. The van der Waals surface area contributed by atoms with Crippen molar-refractivity contribution in [1.29, 1.82) is 0 Å². The van der Waals surface area contributed by atoms with Gasteiger partial charge in [0.1, 0.15) is 10.4 Å². The first-order chi connectivity index (χ1) is 9.72. The quantitative estimate of drug-likeness (QED) is 0.771. The molecule has 104 valence electrons. The second kappa shape index (κ2) is 5.42. The molecular weight excluding hydrogens is 316 g/mol. The van der Waals surface area contributed by atoms with Crippen molar-refractivity contribution in [1.82, 2.24) is 19.9 Å². The number of nitrogens with zero attached hydrogens (tertiary/aromatic N) is 2. The van der Waals surface area contributed by atoms with Crippen LogP contribution in [0.2, 0.25) is 0 Å². The van der Waals surface area contributed by atoms with Crippen LogP contribution in [0.4, 0.5) is 0 Å². The molecular formula is C15H17BrN4. The third-order valence-corrected chi connectivity index (χ3v) is 4.14. The maximum Gasteiger partial charge on any atom is 0.132 e. The van der Waals surface area contributed by atoms with Gasteiger partial charge in [-0.2, -0.15) is 0 Å². The summed E-state index contributed by atoms with van der Waals surface area (Å²) in [4.78, 5) is 7.96. The first-order valence-corrected chi connectivity index (χ1v) is 7.44. The third-order valence-electron chi connectivity index (χ3n) is 3.59. The predicted octanol–water partition coefficient (Wildman–Crippen LogP) is 3.09. The highest BCUT2D eigenvalue weighted by Gasteiger charge is 2.17. The van der Waals surface area contributed by atoms with Gasteiger partial charge in [-0.15, -0.1) is 0 Å². The van der Waals surface area contributed by atoms with Crippen LogP contribution < -0.4 is 5.32 Å². The molecule has 0 bridgehead atoms. The molecule has 20 heavy (non-hydrogen) atoms. The van der Waals surface area contributed by atoms with Gasteiger partial charge in [-0.1, -0.05) is 18.2 Å². The Morgan fingerprint density at radius 3 is 2.95 bits per heavy atom. The summed E-state index contributed by atoms with van der Waals surface area (Å²) in [6, 6.07) is 8.32. The van der Waals surface area contributed by atoms with Crippen molar-refractivity contribution < 1.29 is 0 Å². The average molecular weight is 333 g/mol. The summed E-state index contributed by atoms with van der Waals surface area (Å²) in [6.07, 6.45) is 2.96. The fourth-order valence-electron chi connectivity index (χ4n) is 2.53. The van der Waals surface area contributed by atoms with E-state index in [2.05, 4.69) is 61.0 Å². The second-order valence-corrected chi connectivity index (χ2v) is 5.58. The number of fused-ring (bicyclic) bond motifs is 1. The molecule has 0 atom stereocenters. The molecule has 4 nitrogen and oxygen atoms in total. The van der Waals surface area contributed by atoms with Crippen LogP contribution in [0.3, 0.4) is 0 Å². The summed E-state index contributed by atoms with van der Waals surface area (Å²) >= 11 is 3.60. The zero-order valence-electron chi connectivity index (χ0n) is 11.6. The smallest absolute Gasteiger partial charge is 0.132 e. The summed E-state index contributed by atoms with van der Waals surface area (Å²) in [7, 11) is 4.03. The van der Waals surface area contributed by atoms with Crippen molar-refractivity contribution in [2.24, 2.45) is 7.05 Å². The average Bonchev–Trinajstić information content (AvgIpc) is 2.98. The highest BCUT2D eigenvalue weighted by atomic mass is 79.9. The summed E-state index contributed by atoms with van der Waals surface area (Å²) < 4.78 is 3.06. The van der Waals surface area contributed by atoms with Gasteiger partial charge in [0.05, 0.1) is 5.69 Å². The number of aromatic nitrogens is 3. The van der Waals surface area contributed by atoms with E-state index < -0.39 is 0 Å². The van der Waals surface area contributed by atoms with E-state index in [9.17, 15) is 0 Å². The zero-order valence-corrected chi connectivity index (χ0v) is 13.2. The Labute approximate surface area is 126 Å². The molecule has 5 heteroatoms. The molecule has 3 aromatic rings. The summed E-state index contributed by atoms with van der Waals surface area (Å²) in [5, 5.41) is 4.38. The van der Waals surface area contributed by atoms with Crippen molar-refractivity contribution in [3.63, 3.8) is 0 Å². The molecule has 0 amide bonds. The van der Waals surface area contributed by atoms with Crippen LogP contribution in [0.25, 0.3) is 22.2 Å². The molecule has 3 rings (SSSR count). The molecule has 2 heterocycles. The number of hydrogen-bond donors (Lipinski definition) is 2. The second-order valence-electron chi connectivity index (χ2n) is 4.83. The molecule has 0 aliphatic heterocycles. The molecule has 0 saturated carbocycles. The van der Waals surface area contributed by atoms with Crippen LogP contribution in [-0.4, -0.2) is 28.1 Å². The Hall–Kier alpha value is -1.59. The van der Waals surface area contributed by atoms with E-state index in [0.717, 1.165) is 34.6 Å². The van der Waals surface area contributed by atoms with Gasteiger partial charge < -0.3 is 14.9 Å². The summed E-state index contributed by atoms with van der Waals surface area (Å²) in [6.45, 7) is 0.921. The van der Waals surface area contributed by atoms with Crippen molar-refractivity contribution in [2.75, 3.05) is 13.6 Å². The topological polar surface area (TPSA) is 45.6 Å². The molecule has 0 saturated heterocycles. The standard InChI is InChI=1S/C15H17BrN4/c1-17-8-7-13-19-15(16)14(20(13)2)11-9-18-12-6-4-3-5-10(11)12/h3-6,9,17-18H,7-8H2,1-2H3. The van der Waals surface area contributed by atoms with Crippen molar-refractivity contribution in [2.45, 2.75) is 6.42 Å². The molecule has 1 aromatic carbocycles. The van der Waals surface area contributed by atoms with Gasteiger partial charge >= 0.3 is 0 Å². The minimum absolute atomic E-state index is 0.899. The SMILES string of the molecule is CNCCc1nc(Br)c(-c2c[nH]c3ccccc23)n1C. The van der Waals surface area contributed by atoms with E-state index in [1.165, 1.54) is 10.9 Å². The van der Waals surface area contributed by atoms with Gasteiger partial charge in [0.15, 0.2) is 0 Å². The molecule has 0 radical (unpaired) electrons. The number of likely N-dealkylation sites (N-methyl/N-ethyl adjacent to an activating group) is 1. The molecule has 2 N–H and O–H groups in total. The predicted molar refractivity (Wildman–Crippen MR) is 85.8 cm³/mol. The maximum atomic E-state index is 4.64. The number of hydrogen-bond acceptors (Lipinski definition) is 2. The number of aromatic amines is 1. The lowest BCUT2D eigenvalue weighted by Gasteiger charge is -2.05. The molecule has 0 unspecified atom stereocenters. The minimum atomic E-state index is 0.899. The number of nitrogens with one attached hydrogen (secondary N) is 2. The molecule has 0 aliphatic carbocycles. The highest BCUT2D eigenvalue weighted by molar-refractivity contribution is 9.10. The van der Waals surface area contributed by atoms with Crippen molar-refractivity contribution in [3.05, 3.63) is 40.9 Å². The molecule has 0 aliphatic rings. The van der Waals surface area contributed by atoms with E-state index in [1.807, 2.05) is 19.3 Å². The lowest BCUT2D eigenvalue weighted by atomic mass is 10.1. The molecule has 0 spiro atoms. The van der Waals surface area contributed by atoms with E-state index in [4.69, 9.17) is 0 Å². The van der Waals surface area contributed by atoms with Crippen LogP contribution in [0, 0.1) is 0 Å². The maximum absolute atomic E-state index is 4.64. The Kier molecular flexibility index (Phi) is 3.63. The third kappa shape index (κ3) is 2.17. The van der Waals surface area contributed by atoms with Crippen molar-refractivity contribution in [3.8, 4) is 11.3 Å². The number of para-hydroxylation sites is 1. The van der Waals surface area contributed by atoms with Crippen LogP contribution in [-0.2, 0) is 13.5 Å². The fourth-order valence-corrected chi connectivity index (χ4v) is 3.21. The number of halogens is 1. The first kappa shape index (κ1) is 13.4. The summed E-state index contributed by atoms with van der Waals surface area (Å²) in [5.41, 5.74) is 3.44.